The van der Waals surface area contributed by atoms with Crippen molar-refractivity contribution in [3.05, 3.63) is 95.6 Å². The molecule has 0 unspecified atom stereocenters. The molecular weight excluding hydrogens is 428 g/mol. The first kappa shape index (κ1) is 22.3. The van der Waals surface area contributed by atoms with Gasteiger partial charge in [0.15, 0.2) is 5.78 Å². The van der Waals surface area contributed by atoms with Gasteiger partial charge >= 0.3 is 5.97 Å². The standard InChI is InChI=1S/C22H17F2NO5S/c1-25(31(28,29)20-12-8-18(24)9-13-20)14-21(26)30-19-10-4-16(5-11-19)22(27)15-2-6-17(23)7-3-15/h2-13H,14H2,1H3. The molecule has 9 heteroatoms. The highest BCUT2D eigenvalue weighted by Crippen LogP contribution is 2.18. The van der Waals surface area contributed by atoms with Crippen molar-refractivity contribution in [1.82, 2.24) is 4.31 Å². The second kappa shape index (κ2) is 9.15. The first-order chi connectivity index (χ1) is 14.7. The van der Waals surface area contributed by atoms with Gasteiger partial charge in [-0.25, -0.2) is 17.2 Å². The van der Waals surface area contributed by atoms with Crippen molar-refractivity contribution in [1.29, 1.82) is 0 Å². The van der Waals surface area contributed by atoms with Crippen molar-refractivity contribution in [2.45, 2.75) is 4.90 Å². The number of likely N-dealkylation sites (N-methyl/N-ethyl adjacent to an activating group) is 1. The van der Waals surface area contributed by atoms with E-state index >= 15 is 0 Å². The molecule has 0 fully saturated rings. The van der Waals surface area contributed by atoms with Crippen molar-refractivity contribution in [3.8, 4) is 5.75 Å². The van der Waals surface area contributed by atoms with Gasteiger partial charge in [-0.1, -0.05) is 0 Å². The Labute approximate surface area is 177 Å². The van der Waals surface area contributed by atoms with Gasteiger partial charge < -0.3 is 4.74 Å². The van der Waals surface area contributed by atoms with Crippen molar-refractivity contribution in [2.24, 2.45) is 0 Å². The quantitative estimate of drug-likeness (QED) is 0.316. The summed E-state index contributed by atoms with van der Waals surface area (Å²) in [6.07, 6.45) is 0. The maximum absolute atomic E-state index is 13.0. The van der Waals surface area contributed by atoms with E-state index in [1.807, 2.05) is 0 Å². The van der Waals surface area contributed by atoms with Crippen LogP contribution in [-0.2, 0) is 14.8 Å². The Morgan fingerprint density at radius 3 is 1.77 bits per heavy atom. The van der Waals surface area contributed by atoms with Crippen LogP contribution >= 0.6 is 0 Å². The summed E-state index contributed by atoms with van der Waals surface area (Å²) >= 11 is 0. The summed E-state index contributed by atoms with van der Waals surface area (Å²) in [5.41, 5.74) is 0.612. The molecule has 6 nitrogen and oxygen atoms in total. The highest BCUT2D eigenvalue weighted by molar-refractivity contribution is 7.89. The number of sulfonamides is 1. The van der Waals surface area contributed by atoms with Crippen LogP contribution in [0.1, 0.15) is 15.9 Å². The van der Waals surface area contributed by atoms with E-state index in [9.17, 15) is 26.8 Å². The fraction of sp³-hybridized carbons (Fsp3) is 0.0909. The van der Waals surface area contributed by atoms with Crippen LogP contribution in [0.25, 0.3) is 0 Å². The summed E-state index contributed by atoms with van der Waals surface area (Å²) in [6.45, 7) is -0.573. The van der Waals surface area contributed by atoms with Gasteiger partial charge in [-0.05, 0) is 72.8 Å². The van der Waals surface area contributed by atoms with Gasteiger partial charge in [0.1, 0.15) is 23.9 Å². The molecule has 0 aliphatic carbocycles. The van der Waals surface area contributed by atoms with E-state index in [1.165, 1.54) is 55.6 Å². The summed E-state index contributed by atoms with van der Waals surface area (Å²) in [5, 5.41) is 0. The van der Waals surface area contributed by atoms with Crippen LogP contribution in [0.15, 0.2) is 77.7 Å². The lowest BCUT2D eigenvalue weighted by Crippen LogP contribution is -2.34. The highest BCUT2D eigenvalue weighted by atomic mass is 32.2. The predicted molar refractivity (Wildman–Crippen MR) is 108 cm³/mol. The first-order valence-corrected chi connectivity index (χ1v) is 10.4. The maximum Gasteiger partial charge on any atom is 0.326 e. The summed E-state index contributed by atoms with van der Waals surface area (Å²) < 4.78 is 56.8. The van der Waals surface area contributed by atoms with E-state index in [4.69, 9.17) is 4.74 Å². The number of carbonyl (C=O) groups excluding carboxylic acids is 2. The van der Waals surface area contributed by atoms with Crippen molar-refractivity contribution in [2.75, 3.05) is 13.6 Å². The third-order valence-corrected chi connectivity index (χ3v) is 6.15. The highest BCUT2D eigenvalue weighted by Gasteiger charge is 2.24. The van der Waals surface area contributed by atoms with E-state index in [0.717, 1.165) is 28.6 Å². The number of nitrogens with zero attached hydrogens (tertiary/aromatic N) is 1. The molecule has 0 radical (unpaired) electrons. The van der Waals surface area contributed by atoms with Crippen LogP contribution in [0.2, 0.25) is 0 Å². The molecular formula is C22H17F2NO5S. The van der Waals surface area contributed by atoms with Crippen LogP contribution in [0, 0.1) is 11.6 Å². The van der Waals surface area contributed by atoms with E-state index in [2.05, 4.69) is 0 Å². The third-order valence-electron chi connectivity index (χ3n) is 4.33. The Kier molecular flexibility index (Phi) is 6.57. The van der Waals surface area contributed by atoms with Gasteiger partial charge in [-0.3, -0.25) is 9.59 Å². The van der Waals surface area contributed by atoms with Crippen molar-refractivity contribution < 1.29 is 31.5 Å². The van der Waals surface area contributed by atoms with Crippen LogP contribution in [0.5, 0.6) is 5.75 Å². The molecule has 3 aromatic rings. The Morgan fingerprint density at radius 1 is 0.806 bits per heavy atom. The molecule has 0 spiro atoms. The smallest absolute Gasteiger partial charge is 0.326 e. The van der Waals surface area contributed by atoms with Crippen LogP contribution in [-0.4, -0.2) is 38.1 Å². The molecule has 0 aliphatic rings. The molecule has 160 valence electrons. The second-order valence-electron chi connectivity index (χ2n) is 6.55. The average molecular weight is 445 g/mol. The zero-order chi connectivity index (χ0) is 22.6. The molecule has 3 rings (SSSR count). The number of hydrogen-bond donors (Lipinski definition) is 0. The summed E-state index contributed by atoms with van der Waals surface area (Å²) in [6, 6.07) is 15.0. The summed E-state index contributed by atoms with van der Waals surface area (Å²) in [4.78, 5) is 24.4. The minimum absolute atomic E-state index is 0.119. The number of benzene rings is 3. The molecule has 0 N–H and O–H groups in total. The number of ether oxygens (including phenoxy) is 1. The molecule has 0 saturated heterocycles. The minimum Gasteiger partial charge on any atom is -0.426 e. The van der Waals surface area contributed by atoms with Crippen molar-refractivity contribution >= 4 is 21.8 Å². The van der Waals surface area contributed by atoms with Crippen molar-refractivity contribution in [3.63, 3.8) is 0 Å². The Balaban J connectivity index is 1.63. The predicted octanol–water partition coefficient (Wildman–Crippen LogP) is 3.42. The Hall–Kier alpha value is -3.43. The normalized spacial score (nSPS) is 11.4. The Morgan fingerprint density at radius 2 is 1.26 bits per heavy atom. The van der Waals surface area contributed by atoms with Gasteiger partial charge in [-0.2, -0.15) is 4.31 Å². The van der Waals surface area contributed by atoms with Crippen LogP contribution in [0.3, 0.4) is 0 Å². The first-order valence-electron chi connectivity index (χ1n) is 9.00. The molecule has 0 heterocycles. The van der Waals surface area contributed by atoms with E-state index in [0.29, 0.717) is 11.1 Å². The van der Waals surface area contributed by atoms with E-state index in [1.54, 1.807) is 0 Å². The monoisotopic (exact) mass is 445 g/mol. The van der Waals surface area contributed by atoms with Gasteiger partial charge in [0.2, 0.25) is 10.0 Å². The number of halogens is 2. The lowest BCUT2D eigenvalue weighted by molar-refractivity contribution is -0.134. The second-order valence-corrected chi connectivity index (χ2v) is 8.59. The molecule has 0 amide bonds. The number of ketones is 1. The maximum atomic E-state index is 13.0. The number of esters is 1. The van der Waals surface area contributed by atoms with Crippen LogP contribution in [0.4, 0.5) is 8.78 Å². The number of carbonyl (C=O) groups is 2. The molecule has 31 heavy (non-hydrogen) atoms. The fourth-order valence-corrected chi connectivity index (χ4v) is 3.77. The van der Waals surface area contributed by atoms with Gasteiger partial charge in [0, 0.05) is 18.2 Å². The molecule has 0 atom stereocenters. The molecule has 0 bridgehead atoms. The molecule has 3 aromatic carbocycles. The fourth-order valence-electron chi connectivity index (χ4n) is 2.66. The summed E-state index contributed by atoms with van der Waals surface area (Å²) in [7, 11) is -2.80. The molecule has 0 saturated carbocycles. The number of hydrogen-bond acceptors (Lipinski definition) is 5. The summed E-state index contributed by atoms with van der Waals surface area (Å²) in [5.74, 6) is -2.09. The topological polar surface area (TPSA) is 80.8 Å². The van der Waals surface area contributed by atoms with Gasteiger partial charge in [0.25, 0.3) is 0 Å². The van der Waals surface area contributed by atoms with Crippen LogP contribution < -0.4 is 4.74 Å². The molecule has 0 aliphatic heterocycles. The lowest BCUT2D eigenvalue weighted by Gasteiger charge is -2.16. The lowest BCUT2D eigenvalue weighted by atomic mass is 10.0. The SMILES string of the molecule is CN(CC(=O)Oc1ccc(C(=O)c2ccc(F)cc2)cc1)S(=O)(=O)c1ccc(F)cc1. The number of rotatable bonds is 7. The van der Waals surface area contributed by atoms with E-state index in [-0.39, 0.29) is 16.4 Å². The zero-order valence-electron chi connectivity index (χ0n) is 16.3. The van der Waals surface area contributed by atoms with Gasteiger partial charge in [-0.15, -0.1) is 0 Å². The minimum atomic E-state index is -4.00. The molecule has 0 aromatic heterocycles. The third kappa shape index (κ3) is 5.39. The Bertz CT molecular complexity index is 1190. The largest absolute Gasteiger partial charge is 0.426 e. The van der Waals surface area contributed by atoms with E-state index < -0.39 is 34.2 Å². The average Bonchev–Trinajstić information content (AvgIpc) is 2.74. The van der Waals surface area contributed by atoms with Gasteiger partial charge in [0.05, 0.1) is 4.90 Å². The zero-order valence-corrected chi connectivity index (χ0v) is 17.1.